The first-order valence-corrected chi connectivity index (χ1v) is 6.02. The lowest BCUT2D eigenvalue weighted by Crippen LogP contribution is -2.08. The molecule has 0 atom stereocenters. The van der Waals surface area contributed by atoms with E-state index in [-0.39, 0.29) is 12.1 Å². The Labute approximate surface area is 114 Å². The van der Waals surface area contributed by atoms with Gasteiger partial charge < -0.3 is 5.32 Å². The van der Waals surface area contributed by atoms with E-state index < -0.39 is 17.6 Å². The first kappa shape index (κ1) is 14.4. The average molecular weight is 283 g/mol. The van der Waals surface area contributed by atoms with Crippen molar-refractivity contribution in [2.75, 3.05) is 5.32 Å². The third-order valence-electron chi connectivity index (χ3n) is 2.80. The fourth-order valence-electron chi connectivity index (χ4n) is 1.88. The second kappa shape index (κ2) is 5.53. The zero-order chi connectivity index (χ0) is 14.8. The second-order valence-corrected chi connectivity index (χ2v) is 4.57. The van der Waals surface area contributed by atoms with Crippen LogP contribution in [0, 0.1) is 12.7 Å². The molecule has 0 amide bonds. The Kier molecular flexibility index (Phi) is 3.97. The number of anilines is 1. The molecule has 0 bridgehead atoms. The number of halogens is 4. The maximum absolute atomic E-state index is 13.2. The Balaban J connectivity index is 2.16. The highest BCUT2D eigenvalue weighted by Gasteiger charge is 2.31. The van der Waals surface area contributed by atoms with Crippen LogP contribution in [0.1, 0.15) is 16.7 Å². The lowest BCUT2D eigenvalue weighted by Gasteiger charge is -2.11. The van der Waals surface area contributed by atoms with E-state index in [0.29, 0.717) is 6.07 Å². The summed E-state index contributed by atoms with van der Waals surface area (Å²) in [6.07, 6.45) is -4.54. The van der Waals surface area contributed by atoms with Gasteiger partial charge in [0.15, 0.2) is 0 Å². The van der Waals surface area contributed by atoms with Crippen LogP contribution in [0.2, 0.25) is 0 Å². The van der Waals surface area contributed by atoms with Crippen LogP contribution in [0.15, 0.2) is 42.5 Å². The molecule has 1 nitrogen and oxygen atoms in total. The number of benzene rings is 2. The number of hydrogen-bond acceptors (Lipinski definition) is 1. The van der Waals surface area contributed by atoms with Gasteiger partial charge in [-0.3, -0.25) is 0 Å². The number of aryl methyl sites for hydroxylation is 1. The minimum Gasteiger partial charge on any atom is -0.381 e. The van der Waals surface area contributed by atoms with Crippen LogP contribution in [-0.2, 0) is 12.7 Å². The smallest absolute Gasteiger partial charge is 0.381 e. The molecular weight excluding hydrogens is 270 g/mol. The molecule has 2 aromatic carbocycles. The lowest BCUT2D eigenvalue weighted by molar-refractivity contribution is -0.137. The molecule has 0 unspecified atom stereocenters. The van der Waals surface area contributed by atoms with E-state index in [9.17, 15) is 17.6 Å². The molecule has 0 aliphatic rings. The normalized spacial score (nSPS) is 11.4. The summed E-state index contributed by atoms with van der Waals surface area (Å²) in [5.41, 5.74) is 1.09. The fraction of sp³-hybridized carbons (Fsp3) is 0.200. The molecule has 2 aromatic rings. The van der Waals surface area contributed by atoms with Crippen molar-refractivity contribution in [3.63, 3.8) is 0 Å². The van der Waals surface area contributed by atoms with Crippen LogP contribution in [0.4, 0.5) is 23.2 Å². The van der Waals surface area contributed by atoms with Gasteiger partial charge >= 0.3 is 6.18 Å². The van der Waals surface area contributed by atoms with E-state index >= 15 is 0 Å². The summed E-state index contributed by atoms with van der Waals surface area (Å²) in [7, 11) is 0. The van der Waals surface area contributed by atoms with Crippen molar-refractivity contribution in [3.8, 4) is 0 Å². The molecule has 0 aromatic heterocycles. The SMILES string of the molecule is Cc1cccc(NCc2cc(F)cc(C(F)(F)F)c2)c1. The first-order chi connectivity index (χ1) is 9.34. The zero-order valence-corrected chi connectivity index (χ0v) is 10.8. The Morgan fingerprint density at radius 1 is 1.05 bits per heavy atom. The molecule has 0 aliphatic carbocycles. The largest absolute Gasteiger partial charge is 0.416 e. The predicted octanol–water partition coefficient (Wildman–Crippen LogP) is 4.77. The standard InChI is InChI=1S/C15H13F4N/c1-10-3-2-4-14(5-10)20-9-11-6-12(15(17,18)19)8-13(16)7-11/h2-8,20H,9H2,1H3. The summed E-state index contributed by atoms with van der Waals surface area (Å²) in [6.45, 7) is 2.04. The molecule has 0 heterocycles. The van der Waals surface area contributed by atoms with Crippen molar-refractivity contribution in [2.45, 2.75) is 19.6 Å². The van der Waals surface area contributed by atoms with Gasteiger partial charge in [-0.1, -0.05) is 12.1 Å². The Hall–Kier alpha value is -2.04. The molecule has 2 rings (SSSR count). The number of hydrogen-bond donors (Lipinski definition) is 1. The quantitative estimate of drug-likeness (QED) is 0.800. The van der Waals surface area contributed by atoms with Crippen molar-refractivity contribution in [2.24, 2.45) is 0 Å². The molecule has 0 spiro atoms. The van der Waals surface area contributed by atoms with E-state index in [1.807, 2.05) is 25.1 Å². The topological polar surface area (TPSA) is 12.0 Å². The van der Waals surface area contributed by atoms with Crippen molar-refractivity contribution in [1.82, 2.24) is 0 Å². The zero-order valence-electron chi connectivity index (χ0n) is 10.8. The summed E-state index contributed by atoms with van der Waals surface area (Å²) in [5, 5.41) is 2.97. The molecule has 0 saturated heterocycles. The minimum absolute atomic E-state index is 0.129. The van der Waals surface area contributed by atoms with Crippen molar-refractivity contribution in [1.29, 1.82) is 0 Å². The van der Waals surface area contributed by atoms with Crippen molar-refractivity contribution in [3.05, 3.63) is 65.0 Å². The van der Waals surface area contributed by atoms with Gasteiger partial charge in [-0.15, -0.1) is 0 Å². The third-order valence-corrected chi connectivity index (χ3v) is 2.80. The van der Waals surface area contributed by atoms with Gasteiger partial charge in [0.1, 0.15) is 5.82 Å². The molecular formula is C15H13F4N. The van der Waals surface area contributed by atoms with E-state index in [2.05, 4.69) is 5.32 Å². The van der Waals surface area contributed by atoms with Crippen LogP contribution in [0.3, 0.4) is 0 Å². The third kappa shape index (κ3) is 3.73. The second-order valence-electron chi connectivity index (χ2n) is 4.57. The highest BCUT2D eigenvalue weighted by molar-refractivity contribution is 5.46. The molecule has 0 aliphatic heterocycles. The van der Waals surface area contributed by atoms with Gasteiger partial charge in [-0.25, -0.2) is 4.39 Å². The average Bonchev–Trinajstić information content (AvgIpc) is 2.35. The van der Waals surface area contributed by atoms with Crippen LogP contribution < -0.4 is 5.32 Å². The van der Waals surface area contributed by atoms with Crippen LogP contribution >= 0.6 is 0 Å². The summed E-state index contributed by atoms with van der Waals surface area (Å²) in [6, 6.07) is 9.96. The van der Waals surface area contributed by atoms with E-state index in [1.165, 1.54) is 0 Å². The number of alkyl halides is 3. The predicted molar refractivity (Wildman–Crippen MR) is 69.9 cm³/mol. The van der Waals surface area contributed by atoms with E-state index in [4.69, 9.17) is 0 Å². The van der Waals surface area contributed by atoms with Crippen molar-refractivity contribution < 1.29 is 17.6 Å². The van der Waals surface area contributed by atoms with Crippen LogP contribution in [0.5, 0.6) is 0 Å². The molecule has 20 heavy (non-hydrogen) atoms. The molecule has 0 saturated carbocycles. The van der Waals surface area contributed by atoms with Gasteiger partial charge in [0.2, 0.25) is 0 Å². The monoisotopic (exact) mass is 283 g/mol. The Morgan fingerprint density at radius 2 is 1.80 bits per heavy atom. The fourth-order valence-corrected chi connectivity index (χ4v) is 1.88. The first-order valence-electron chi connectivity index (χ1n) is 6.02. The van der Waals surface area contributed by atoms with Crippen LogP contribution in [0.25, 0.3) is 0 Å². The summed E-state index contributed by atoms with van der Waals surface area (Å²) in [4.78, 5) is 0. The van der Waals surface area contributed by atoms with E-state index in [1.54, 1.807) is 6.07 Å². The lowest BCUT2D eigenvalue weighted by atomic mass is 10.1. The van der Waals surface area contributed by atoms with Gasteiger partial charge in [0.05, 0.1) is 5.56 Å². The minimum atomic E-state index is -4.54. The molecule has 0 radical (unpaired) electrons. The van der Waals surface area contributed by atoms with Gasteiger partial charge in [-0.05, 0) is 48.4 Å². The molecule has 1 N–H and O–H groups in total. The number of rotatable bonds is 3. The van der Waals surface area contributed by atoms with Crippen molar-refractivity contribution >= 4 is 5.69 Å². The van der Waals surface area contributed by atoms with Gasteiger partial charge in [0.25, 0.3) is 0 Å². The summed E-state index contributed by atoms with van der Waals surface area (Å²) in [5.74, 6) is -0.888. The maximum atomic E-state index is 13.2. The Bertz CT molecular complexity index is 605. The van der Waals surface area contributed by atoms with Gasteiger partial charge in [-0.2, -0.15) is 13.2 Å². The highest BCUT2D eigenvalue weighted by Crippen LogP contribution is 2.30. The Morgan fingerprint density at radius 3 is 2.45 bits per heavy atom. The maximum Gasteiger partial charge on any atom is 0.416 e. The highest BCUT2D eigenvalue weighted by atomic mass is 19.4. The summed E-state index contributed by atoms with van der Waals surface area (Å²) < 4.78 is 51.0. The van der Waals surface area contributed by atoms with Crippen LogP contribution in [-0.4, -0.2) is 0 Å². The summed E-state index contributed by atoms with van der Waals surface area (Å²) >= 11 is 0. The molecule has 5 heteroatoms. The number of nitrogens with one attached hydrogen (secondary N) is 1. The molecule has 0 fully saturated rings. The van der Waals surface area contributed by atoms with E-state index in [0.717, 1.165) is 23.4 Å². The van der Waals surface area contributed by atoms with Gasteiger partial charge in [0, 0.05) is 12.2 Å². The molecule has 106 valence electrons.